The van der Waals surface area contributed by atoms with Crippen LogP contribution in [0.2, 0.25) is 5.02 Å². The molecule has 3 N–H and O–H groups in total. The molecule has 96 valence electrons. The van der Waals surface area contributed by atoms with Crippen molar-refractivity contribution in [3.63, 3.8) is 0 Å². The molecule has 0 spiro atoms. The number of methoxy groups -OCH3 is 1. The van der Waals surface area contributed by atoms with Crippen LogP contribution in [-0.4, -0.2) is 20.2 Å². The summed E-state index contributed by atoms with van der Waals surface area (Å²) in [6, 6.07) is 3.76. The van der Waals surface area contributed by atoms with Crippen LogP contribution in [0.25, 0.3) is 0 Å². The molecular formula is C13H21ClN2O. The van der Waals surface area contributed by atoms with Gasteiger partial charge in [-0.25, -0.2) is 0 Å². The summed E-state index contributed by atoms with van der Waals surface area (Å²) in [5, 5.41) is 4.05. The summed E-state index contributed by atoms with van der Waals surface area (Å²) in [6.07, 6.45) is 0. The highest BCUT2D eigenvalue weighted by molar-refractivity contribution is 6.31. The van der Waals surface area contributed by atoms with E-state index >= 15 is 0 Å². The van der Waals surface area contributed by atoms with Crippen molar-refractivity contribution in [1.29, 1.82) is 0 Å². The monoisotopic (exact) mass is 256 g/mol. The fourth-order valence-electron chi connectivity index (χ4n) is 1.54. The van der Waals surface area contributed by atoms with Gasteiger partial charge in [-0.15, -0.1) is 0 Å². The molecular weight excluding hydrogens is 236 g/mol. The molecule has 1 aromatic carbocycles. The van der Waals surface area contributed by atoms with E-state index in [4.69, 9.17) is 22.1 Å². The highest BCUT2D eigenvalue weighted by Gasteiger charge is 2.16. The minimum absolute atomic E-state index is 0.0429. The molecule has 0 amide bonds. The normalized spacial score (nSPS) is 11.4. The van der Waals surface area contributed by atoms with E-state index in [1.165, 1.54) is 0 Å². The molecule has 1 aromatic rings. The summed E-state index contributed by atoms with van der Waals surface area (Å²) in [7, 11) is 1.66. The summed E-state index contributed by atoms with van der Waals surface area (Å²) >= 11 is 6.04. The SMILES string of the molecule is COc1c(C)cc(Cl)cc1NCC(C)(C)CN. The van der Waals surface area contributed by atoms with E-state index in [2.05, 4.69) is 19.2 Å². The average molecular weight is 257 g/mol. The molecule has 0 saturated carbocycles. The summed E-state index contributed by atoms with van der Waals surface area (Å²) < 4.78 is 5.38. The minimum Gasteiger partial charge on any atom is -0.494 e. The predicted molar refractivity (Wildman–Crippen MR) is 74.1 cm³/mol. The zero-order valence-corrected chi connectivity index (χ0v) is 11.7. The van der Waals surface area contributed by atoms with Gasteiger partial charge in [0.15, 0.2) is 0 Å². The molecule has 0 atom stereocenters. The van der Waals surface area contributed by atoms with Gasteiger partial charge in [0.05, 0.1) is 12.8 Å². The number of halogens is 1. The Balaban J connectivity index is 2.90. The Hall–Kier alpha value is -0.930. The third-order valence-corrected chi connectivity index (χ3v) is 2.97. The lowest BCUT2D eigenvalue weighted by Crippen LogP contribution is -2.31. The van der Waals surface area contributed by atoms with Gasteiger partial charge in [-0.2, -0.15) is 0 Å². The fourth-order valence-corrected chi connectivity index (χ4v) is 1.81. The third-order valence-electron chi connectivity index (χ3n) is 2.75. The van der Waals surface area contributed by atoms with Crippen LogP contribution in [0.1, 0.15) is 19.4 Å². The van der Waals surface area contributed by atoms with Crippen LogP contribution in [0, 0.1) is 12.3 Å². The molecule has 3 nitrogen and oxygen atoms in total. The number of anilines is 1. The minimum atomic E-state index is 0.0429. The Bertz CT molecular complexity index is 391. The first kappa shape index (κ1) is 14.1. The lowest BCUT2D eigenvalue weighted by atomic mass is 9.94. The van der Waals surface area contributed by atoms with Crippen molar-refractivity contribution in [1.82, 2.24) is 0 Å². The molecule has 17 heavy (non-hydrogen) atoms. The van der Waals surface area contributed by atoms with E-state index in [0.717, 1.165) is 23.5 Å². The first-order valence-electron chi connectivity index (χ1n) is 5.67. The topological polar surface area (TPSA) is 47.3 Å². The zero-order chi connectivity index (χ0) is 13.1. The van der Waals surface area contributed by atoms with Gasteiger partial charge in [-0.1, -0.05) is 25.4 Å². The van der Waals surface area contributed by atoms with Gasteiger partial charge in [0, 0.05) is 11.6 Å². The van der Waals surface area contributed by atoms with Gasteiger partial charge < -0.3 is 15.8 Å². The maximum absolute atomic E-state index is 6.04. The number of hydrogen-bond donors (Lipinski definition) is 2. The van der Waals surface area contributed by atoms with Crippen molar-refractivity contribution in [3.05, 3.63) is 22.7 Å². The lowest BCUT2D eigenvalue weighted by molar-refractivity contribution is 0.398. The second-order valence-electron chi connectivity index (χ2n) is 5.03. The summed E-state index contributed by atoms with van der Waals surface area (Å²) in [5.41, 5.74) is 7.68. The van der Waals surface area contributed by atoms with Crippen LogP contribution < -0.4 is 15.8 Å². The number of benzene rings is 1. The Kier molecular flexibility index (Phi) is 4.66. The molecule has 0 aliphatic carbocycles. The zero-order valence-electron chi connectivity index (χ0n) is 10.9. The van der Waals surface area contributed by atoms with E-state index < -0.39 is 0 Å². The molecule has 0 aromatic heterocycles. The highest BCUT2D eigenvalue weighted by atomic mass is 35.5. The third kappa shape index (κ3) is 3.79. The second kappa shape index (κ2) is 5.61. The maximum atomic E-state index is 6.04. The van der Waals surface area contributed by atoms with Crippen molar-refractivity contribution >= 4 is 17.3 Å². The quantitative estimate of drug-likeness (QED) is 0.851. The van der Waals surface area contributed by atoms with Gasteiger partial charge in [0.2, 0.25) is 0 Å². The first-order chi connectivity index (χ1) is 7.89. The molecule has 0 heterocycles. The van der Waals surface area contributed by atoms with Crippen molar-refractivity contribution in [2.75, 3.05) is 25.5 Å². The van der Waals surface area contributed by atoms with Gasteiger partial charge in [-0.3, -0.25) is 0 Å². The lowest BCUT2D eigenvalue weighted by Gasteiger charge is -2.24. The Morgan fingerprint density at radius 3 is 2.59 bits per heavy atom. The molecule has 0 fully saturated rings. The van der Waals surface area contributed by atoms with Crippen LogP contribution in [0.5, 0.6) is 5.75 Å². The molecule has 1 rings (SSSR count). The van der Waals surface area contributed by atoms with Crippen LogP contribution in [0.3, 0.4) is 0 Å². The van der Waals surface area contributed by atoms with E-state index in [-0.39, 0.29) is 5.41 Å². The number of ether oxygens (including phenoxy) is 1. The number of hydrogen-bond acceptors (Lipinski definition) is 3. The van der Waals surface area contributed by atoms with E-state index in [1.807, 2.05) is 19.1 Å². The Morgan fingerprint density at radius 2 is 2.06 bits per heavy atom. The van der Waals surface area contributed by atoms with Crippen LogP contribution >= 0.6 is 11.6 Å². The van der Waals surface area contributed by atoms with Crippen molar-refractivity contribution < 1.29 is 4.74 Å². The van der Waals surface area contributed by atoms with Crippen LogP contribution in [0.15, 0.2) is 12.1 Å². The molecule has 0 radical (unpaired) electrons. The number of nitrogens with one attached hydrogen (secondary N) is 1. The average Bonchev–Trinajstić information content (AvgIpc) is 2.26. The molecule has 0 aliphatic heterocycles. The Morgan fingerprint density at radius 1 is 1.41 bits per heavy atom. The van der Waals surface area contributed by atoms with Gasteiger partial charge in [0.1, 0.15) is 5.75 Å². The molecule has 0 saturated heterocycles. The summed E-state index contributed by atoms with van der Waals surface area (Å²) in [6.45, 7) is 7.61. The van der Waals surface area contributed by atoms with E-state index in [1.54, 1.807) is 7.11 Å². The number of nitrogens with two attached hydrogens (primary N) is 1. The largest absolute Gasteiger partial charge is 0.494 e. The maximum Gasteiger partial charge on any atom is 0.144 e. The molecule has 0 bridgehead atoms. The van der Waals surface area contributed by atoms with Crippen LogP contribution in [0.4, 0.5) is 5.69 Å². The van der Waals surface area contributed by atoms with Crippen molar-refractivity contribution in [3.8, 4) is 5.75 Å². The van der Waals surface area contributed by atoms with E-state index in [0.29, 0.717) is 11.6 Å². The van der Waals surface area contributed by atoms with Gasteiger partial charge in [-0.05, 0) is 36.6 Å². The van der Waals surface area contributed by atoms with E-state index in [9.17, 15) is 0 Å². The highest BCUT2D eigenvalue weighted by Crippen LogP contribution is 2.32. The second-order valence-corrected chi connectivity index (χ2v) is 5.46. The van der Waals surface area contributed by atoms with Crippen molar-refractivity contribution in [2.24, 2.45) is 11.1 Å². The molecule has 4 heteroatoms. The standard InChI is InChI=1S/C13H21ClN2O/c1-9-5-10(14)6-11(12(9)17-4)16-8-13(2,3)7-15/h5-6,16H,7-8,15H2,1-4H3. The smallest absolute Gasteiger partial charge is 0.144 e. The fraction of sp³-hybridized carbons (Fsp3) is 0.538. The van der Waals surface area contributed by atoms with Crippen LogP contribution in [-0.2, 0) is 0 Å². The van der Waals surface area contributed by atoms with Gasteiger partial charge >= 0.3 is 0 Å². The summed E-state index contributed by atoms with van der Waals surface area (Å²) in [4.78, 5) is 0. The number of rotatable bonds is 5. The summed E-state index contributed by atoms with van der Waals surface area (Å²) in [5.74, 6) is 0.835. The van der Waals surface area contributed by atoms with Crippen molar-refractivity contribution in [2.45, 2.75) is 20.8 Å². The van der Waals surface area contributed by atoms with Gasteiger partial charge in [0.25, 0.3) is 0 Å². The molecule has 0 aliphatic rings. The first-order valence-corrected chi connectivity index (χ1v) is 6.05. The molecule has 0 unspecified atom stereocenters. The predicted octanol–water partition coefficient (Wildman–Crippen LogP) is 3.05. The number of aryl methyl sites for hydroxylation is 1. The Labute approximate surface area is 108 Å².